The molecular formula is C18H18N4OS. The summed E-state index contributed by atoms with van der Waals surface area (Å²) in [5.74, 6) is 1.65. The highest BCUT2D eigenvalue weighted by atomic mass is 32.2. The number of nitrogens with two attached hydrogens (primary N) is 1. The number of nitrogens with zero attached hydrogens (tertiary/aromatic N) is 3. The molecule has 1 unspecified atom stereocenters. The molecule has 3 aromatic rings. The van der Waals surface area contributed by atoms with E-state index in [1.165, 1.54) is 0 Å². The second-order valence-corrected chi connectivity index (χ2v) is 7.50. The van der Waals surface area contributed by atoms with Crippen LogP contribution in [0.1, 0.15) is 11.1 Å². The van der Waals surface area contributed by atoms with Gasteiger partial charge >= 0.3 is 0 Å². The van der Waals surface area contributed by atoms with Gasteiger partial charge in [-0.2, -0.15) is 4.98 Å². The van der Waals surface area contributed by atoms with Crippen molar-refractivity contribution in [3.8, 4) is 0 Å². The molecule has 0 spiro atoms. The van der Waals surface area contributed by atoms with Crippen molar-refractivity contribution in [1.29, 1.82) is 0 Å². The second kappa shape index (κ2) is 5.87. The third kappa shape index (κ3) is 2.53. The van der Waals surface area contributed by atoms with Gasteiger partial charge in [0.15, 0.2) is 0 Å². The molecule has 2 aromatic carbocycles. The Labute approximate surface area is 143 Å². The van der Waals surface area contributed by atoms with Gasteiger partial charge in [0.05, 0.1) is 16.3 Å². The first-order valence-electron chi connectivity index (χ1n) is 7.87. The van der Waals surface area contributed by atoms with Gasteiger partial charge in [-0.15, -0.1) is 0 Å². The van der Waals surface area contributed by atoms with E-state index in [2.05, 4.69) is 9.88 Å². The van der Waals surface area contributed by atoms with Crippen LogP contribution in [0.3, 0.4) is 0 Å². The Morgan fingerprint density at radius 2 is 1.96 bits per heavy atom. The Morgan fingerprint density at radius 3 is 2.83 bits per heavy atom. The molecule has 1 aliphatic heterocycles. The van der Waals surface area contributed by atoms with Gasteiger partial charge in [0.25, 0.3) is 0 Å². The maximum atomic E-state index is 12.4. The highest BCUT2D eigenvalue weighted by Gasteiger charge is 2.21. The van der Waals surface area contributed by atoms with Crippen molar-refractivity contribution in [3.05, 3.63) is 53.6 Å². The number of hydrogen-bond acceptors (Lipinski definition) is 5. The molecule has 0 amide bonds. The number of aryl methyl sites for hydroxylation is 1. The first kappa shape index (κ1) is 15.1. The van der Waals surface area contributed by atoms with Crippen LogP contribution in [-0.2, 0) is 17.3 Å². The zero-order chi connectivity index (χ0) is 16.7. The molecule has 0 saturated carbocycles. The van der Waals surface area contributed by atoms with Crippen LogP contribution >= 0.6 is 0 Å². The minimum atomic E-state index is -0.992. The molecule has 24 heavy (non-hydrogen) atoms. The Bertz CT molecular complexity index is 957. The van der Waals surface area contributed by atoms with Gasteiger partial charge < -0.3 is 10.6 Å². The van der Waals surface area contributed by atoms with Crippen LogP contribution in [0.5, 0.6) is 0 Å². The lowest BCUT2D eigenvalue weighted by Crippen LogP contribution is -2.27. The van der Waals surface area contributed by atoms with Crippen molar-refractivity contribution in [3.63, 3.8) is 0 Å². The van der Waals surface area contributed by atoms with Crippen LogP contribution in [-0.4, -0.2) is 26.5 Å². The van der Waals surface area contributed by atoms with Crippen molar-refractivity contribution < 1.29 is 4.21 Å². The van der Waals surface area contributed by atoms with Crippen molar-refractivity contribution >= 4 is 33.5 Å². The van der Waals surface area contributed by atoms with Gasteiger partial charge in [0, 0.05) is 29.1 Å². The van der Waals surface area contributed by atoms with Crippen molar-refractivity contribution in [1.82, 2.24) is 9.97 Å². The van der Waals surface area contributed by atoms with Crippen LogP contribution in [0.25, 0.3) is 10.9 Å². The van der Waals surface area contributed by atoms with E-state index in [-0.39, 0.29) is 0 Å². The molecule has 4 rings (SSSR count). The van der Waals surface area contributed by atoms with Crippen molar-refractivity contribution in [2.45, 2.75) is 18.4 Å². The first-order chi connectivity index (χ1) is 11.6. The molecule has 122 valence electrons. The summed E-state index contributed by atoms with van der Waals surface area (Å²) < 4.78 is 12.4. The Balaban J connectivity index is 1.79. The molecule has 1 atom stereocenters. The summed E-state index contributed by atoms with van der Waals surface area (Å²) in [6.45, 7) is 3.28. The SMILES string of the molecule is Cc1cccc2nc(N3CCS(=O)c4ccccc4C3)nc(N)c12. The largest absolute Gasteiger partial charge is 0.383 e. The molecule has 1 aromatic heterocycles. The van der Waals surface area contributed by atoms with E-state index in [9.17, 15) is 4.21 Å². The van der Waals surface area contributed by atoms with Crippen LogP contribution in [0, 0.1) is 6.92 Å². The van der Waals surface area contributed by atoms with Crippen LogP contribution in [0.15, 0.2) is 47.4 Å². The topological polar surface area (TPSA) is 72.1 Å². The van der Waals surface area contributed by atoms with E-state index >= 15 is 0 Å². The Kier molecular flexibility index (Phi) is 3.69. The summed E-state index contributed by atoms with van der Waals surface area (Å²) in [6, 6.07) is 13.8. The average molecular weight is 338 g/mol. The van der Waals surface area contributed by atoms with Gasteiger partial charge in [0.1, 0.15) is 5.82 Å². The third-order valence-electron chi connectivity index (χ3n) is 4.36. The molecule has 2 heterocycles. The fraction of sp³-hybridized carbons (Fsp3) is 0.222. The summed E-state index contributed by atoms with van der Waals surface area (Å²) in [4.78, 5) is 12.2. The van der Waals surface area contributed by atoms with Crippen LogP contribution in [0.2, 0.25) is 0 Å². The smallest absolute Gasteiger partial charge is 0.228 e. The number of benzene rings is 2. The number of aromatic nitrogens is 2. The summed E-state index contributed by atoms with van der Waals surface area (Å²) in [5.41, 5.74) is 9.16. The van der Waals surface area contributed by atoms with Gasteiger partial charge in [-0.3, -0.25) is 4.21 Å². The normalized spacial score (nSPS) is 17.5. The molecule has 5 nitrogen and oxygen atoms in total. The molecular weight excluding hydrogens is 320 g/mol. The predicted octanol–water partition coefficient (Wildman–Crippen LogP) is 2.65. The monoisotopic (exact) mass is 338 g/mol. The van der Waals surface area contributed by atoms with E-state index in [4.69, 9.17) is 10.7 Å². The highest BCUT2D eigenvalue weighted by Crippen LogP contribution is 2.27. The zero-order valence-corrected chi connectivity index (χ0v) is 14.2. The minimum Gasteiger partial charge on any atom is -0.383 e. The summed E-state index contributed by atoms with van der Waals surface area (Å²) in [7, 11) is -0.992. The van der Waals surface area contributed by atoms with Crippen LogP contribution < -0.4 is 10.6 Å². The van der Waals surface area contributed by atoms with E-state index < -0.39 is 10.8 Å². The number of fused-ring (bicyclic) bond motifs is 2. The summed E-state index contributed by atoms with van der Waals surface area (Å²) in [5, 5.41) is 0.903. The maximum absolute atomic E-state index is 12.4. The molecule has 0 radical (unpaired) electrons. The van der Waals surface area contributed by atoms with Gasteiger partial charge in [-0.05, 0) is 30.2 Å². The lowest BCUT2D eigenvalue weighted by atomic mass is 10.1. The predicted molar refractivity (Wildman–Crippen MR) is 97.5 cm³/mol. The molecule has 0 saturated heterocycles. The number of rotatable bonds is 1. The fourth-order valence-electron chi connectivity index (χ4n) is 3.13. The zero-order valence-electron chi connectivity index (χ0n) is 13.4. The average Bonchev–Trinajstić information content (AvgIpc) is 2.74. The van der Waals surface area contributed by atoms with E-state index in [1.54, 1.807) is 0 Å². The Morgan fingerprint density at radius 1 is 1.12 bits per heavy atom. The first-order valence-corrected chi connectivity index (χ1v) is 9.19. The lowest BCUT2D eigenvalue weighted by Gasteiger charge is -2.21. The maximum Gasteiger partial charge on any atom is 0.228 e. The molecule has 0 fully saturated rings. The molecule has 0 aliphatic carbocycles. The quantitative estimate of drug-likeness (QED) is 0.738. The van der Waals surface area contributed by atoms with Crippen molar-refractivity contribution in [2.75, 3.05) is 22.9 Å². The lowest BCUT2D eigenvalue weighted by molar-refractivity contribution is 0.683. The molecule has 2 N–H and O–H groups in total. The van der Waals surface area contributed by atoms with Gasteiger partial charge in [-0.1, -0.05) is 30.3 Å². The minimum absolute atomic E-state index is 0.492. The Hall–Kier alpha value is -2.47. The number of anilines is 2. The molecule has 1 aliphatic rings. The van der Waals surface area contributed by atoms with Crippen LogP contribution in [0.4, 0.5) is 11.8 Å². The molecule has 6 heteroatoms. The van der Waals surface area contributed by atoms with E-state index in [0.717, 1.165) is 26.9 Å². The number of hydrogen-bond donors (Lipinski definition) is 1. The molecule has 0 bridgehead atoms. The van der Waals surface area contributed by atoms with Gasteiger partial charge in [-0.25, -0.2) is 4.98 Å². The van der Waals surface area contributed by atoms with Gasteiger partial charge in [0.2, 0.25) is 5.95 Å². The second-order valence-electron chi connectivity index (χ2n) is 5.96. The highest BCUT2D eigenvalue weighted by molar-refractivity contribution is 7.85. The van der Waals surface area contributed by atoms with E-state index in [0.29, 0.717) is 30.6 Å². The summed E-state index contributed by atoms with van der Waals surface area (Å²) in [6.07, 6.45) is 0. The van der Waals surface area contributed by atoms with E-state index in [1.807, 2.05) is 49.4 Å². The third-order valence-corrected chi connectivity index (χ3v) is 5.80. The fourth-order valence-corrected chi connectivity index (χ4v) is 4.39. The standard InChI is InChI=1S/C18H18N4OS/c1-12-5-4-7-14-16(12)17(19)21-18(20-14)22-9-10-24(23)15-8-3-2-6-13(15)11-22/h2-8H,9-11H2,1H3,(H2,19,20,21). The number of nitrogen functional groups attached to an aromatic ring is 1. The summed E-state index contributed by atoms with van der Waals surface area (Å²) >= 11 is 0. The van der Waals surface area contributed by atoms with Crippen molar-refractivity contribution in [2.24, 2.45) is 0 Å².